The van der Waals surface area contributed by atoms with E-state index in [1.807, 2.05) is 24.3 Å². The molecule has 1 heterocycles. The van der Waals surface area contributed by atoms with Gasteiger partial charge in [0, 0.05) is 11.6 Å². The van der Waals surface area contributed by atoms with E-state index in [-0.39, 0.29) is 6.29 Å². The van der Waals surface area contributed by atoms with Crippen LogP contribution in [-0.2, 0) is 15.9 Å². The molecule has 0 spiro atoms. The second kappa shape index (κ2) is 6.24. The van der Waals surface area contributed by atoms with E-state index in [4.69, 9.17) is 21.1 Å². The van der Waals surface area contributed by atoms with E-state index < -0.39 is 0 Å². The third-order valence-corrected chi connectivity index (χ3v) is 3.00. The molecule has 0 bridgehead atoms. The Morgan fingerprint density at radius 1 is 1.25 bits per heavy atom. The molecule has 0 aliphatic carbocycles. The number of halogens is 1. The summed E-state index contributed by atoms with van der Waals surface area (Å²) in [5.74, 6) is 0. The van der Waals surface area contributed by atoms with Crippen molar-refractivity contribution >= 4 is 11.6 Å². The van der Waals surface area contributed by atoms with Gasteiger partial charge in [-0.15, -0.1) is 0 Å². The summed E-state index contributed by atoms with van der Waals surface area (Å²) in [6.07, 6.45) is 4.33. The van der Waals surface area contributed by atoms with Gasteiger partial charge in [0.05, 0.1) is 6.61 Å². The van der Waals surface area contributed by atoms with Crippen molar-refractivity contribution in [1.29, 1.82) is 0 Å². The van der Waals surface area contributed by atoms with Gasteiger partial charge in [0.2, 0.25) is 0 Å². The summed E-state index contributed by atoms with van der Waals surface area (Å²) in [7, 11) is 0. The molecule has 0 aromatic heterocycles. The molecule has 16 heavy (non-hydrogen) atoms. The van der Waals surface area contributed by atoms with E-state index in [1.165, 1.54) is 12.0 Å². The highest BCUT2D eigenvalue weighted by molar-refractivity contribution is 6.30. The van der Waals surface area contributed by atoms with Gasteiger partial charge in [-0.2, -0.15) is 0 Å². The molecule has 0 radical (unpaired) electrons. The van der Waals surface area contributed by atoms with Crippen molar-refractivity contribution in [2.24, 2.45) is 0 Å². The minimum absolute atomic E-state index is 0.0149. The fourth-order valence-electron chi connectivity index (χ4n) is 1.80. The molecule has 1 atom stereocenters. The molecule has 1 aromatic rings. The Morgan fingerprint density at radius 2 is 2.06 bits per heavy atom. The van der Waals surface area contributed by atoms with E-state index in [1.54, 1.807) is 0 Å². The number of benzene rings is 1. The van der Waals surface area contributed by atoms with Crippen LogP contribution in [0.25, 0.3) is 0 Å². The standard InChI is InChI=1S/C13H17ClO2/c14-12-6-4-11(5-7-12)8-10-16-13-3-1-2-9-15-13/h4-7,13H,1-3,8-10H2. The van der Waals surface area contributed by atoms with Crippen LogP contribution in [0.5, 0.6) is 0 Å². The van der Waals surface area contributed by atoms with Crippen LogP contribution in [0.2, 0.25) is 5.02 Å². The summed E-state index contributed by atoms with van der Waals surface area (Å²) in [4.78, 5) is 0. The molecule has 2 rings (SSSR count). The molecule has 0 amide bonds. The number of hydrogen-bond acceptors (Lipinski definition) is 2. The fraction of sp³-hybridized carbons (Fsp3) is 0.538. The zero-order chi connectivity index (χ0) is 11.2. The van der Waals surface area contributed by atoms with Gasteiger partial charge in [0.1, 0.15) is 0 Å². The van der Waals surface area contributed by atoms with Crippen LogP contribution in [0.1, 0.15) is 24.8 Å². The highest BCUT2D eigenvalue weighted by atomic mass is 35.5. The molecule has 1 aliphatic rings. The molecular weight excluding hydrogens is 224 g/mol. The molecule has 1 saturated heterocycles. The van der Waals surface area contributed by atoms with Crippen molar-refractivity contribution in [2.45, 2.75) is 32.0 Å². The lowest BCUT2D eigenvalue weighted by Gasteiger charge is -2.22. The molecular formula is C13H17ClO2. The first-order valence-electron chi connectivity index (χ1n) is 5.82. The topological polar surface area (TPSA) is 18.5 Å². The van der Waals surface area contributed by atoms with Crippen molar-refractivity contribution in [3.63, 3.8) is 0 Å². The predicted octanol–water partition coefficient (Wildman–Crippen LogP) is 3.43. The largest absolute Gasteiger partial charge is 0.353 e. The van der Waals surface area contributed by atoms with Gasteiger partial charge >= 0.3 is 0 Å². The first-order chi connectivity index (χ1) is 7.84. The maximum Gasteiger partial charge on any atom is 0.157 e. The summed E-state index contributed by atoms with van der Waals surface area (Å²) in [6, 6.07) is 7.89. The highest BCUT2D eigenvalue weighted by Gasteiger charge is 2.13. The molecule has 0 saturated carbocycles. The molecule has 2 nitrogen and oxygen atoms in total. The van der Waals surface area contributed by atoms with Crippen molar-refractivity contribution < 1.29 is 9.47 Å². The average molecular weight is 241 g/mol. The van der Waals surface area contributed by atoms with E-state index in [0.29, 0.717) is 6.61 Å². The van der Waals surface area contributed by atoms with Crippen molar-refractivity contribution in [1.82, 2.24) is 0 Å². The second-order valence-corrected chi connectivity index (χ2v) is 4.48. The van der Waals surface area contributed by atoms with Crippen LogP contribution in [0.15, 0.2) is 24.3 Å². The smallest absolute Gasteiger partial charge is 0.157 e. The average Bonchev–Trinajstić information content (AvgIpc) is 2.33. The quantitative estimate of drug-likeness (QED) is 0.803. The van der Waals surface area contributed by atoms with Gasteiger partial charge < -0.3 is 9.47 Å². The van der Waals surface area contributed by atoms with Crippen LogP contribution in [-0.4, -0.2) is 19.5 Å². The predicted molar refractivity (Wildman–Crippen MR) is 64.7 cm³/mol. The Hall–Kier alpha value is -0.570. The Balaban J connectivity index is 1.69. The maximum atomic E-state index is 5.82. The van der Waals surface area contributed by atoms with Gasteiger partial charge in [-0.1, -0.05) is 23.7 Å². The van der Waals surface area contributed by atoms with Crippen LogP contribution < -0.4 is 0 Å². The van der Waals surface area contributed by atoms with E-state index in [2.05, 4.69) is 0 Å². The molecule has 1 fully saturated rings. The molecule has 0 N–H and O–H groups in total. The Morgan fingerprint density at radius 3 is 2.75 bits per heavy atom. The minimum Gasteiger partial charge on any atom is -0.353 e. The third kappa shape index (κ3) is 3.78. The first-order valence-corrected chi connectivity index (χ1v) is 6.20. The van der Waals surface area contributed by atoms with Crippen molar-refractivity contribution in [2.75, 3.05) is 13.2 Å². The third-order valence-electron chi connectivity index (χ3n) is 2.75. The number of hydrogen-bond donors (Lipinski definition) is 0. The van der Waals surface area contributed by atoms with E-state index in [9.17, 15) is 0 Å². The first kappa shape index (κ1) is 11.9. The Bertz CT molecular complexity index is 304. The SMILES string of the molecule is Clc1ccc(CCOC2CCCCO2)cc1. The maximum absolute atomic E-state index is 5.82. The summed E-state index contributed by atoms with van der Waals surface area (Å²) in [5, 5.41) is 0.778. The molecule has 1 aromatic carbocycles. The summed E-state index contributed by atoms with van der Waals surface area (Å²) < 4.78 is 11.2. The van der Waals surface area contributed by atoms with Gasteiger partial charge in [-0.25, -0.2) is 0 Å². The van der Waals surface area contributed by atoms with Crippen LogP contribution in [0.3, 0.4) is 0 Å². The van der Waals surface area contributed by atoms with Crippen LogP contribution in [0, 0.1) is 0 Å². The van der Waals surface area contributed by atoms with E-state index in [0.717, 1.165) is 30.9 Å². The van der Waals surface area contributed by atoms with Gasteiger partial charge in [-0.3, -0.25) is 0 Å². The second-order valence-electron chi connectivity index (χ2n) is 4.04. The molecule has 88 valence electrons. The zero-order valence-electron chi connectivity index (χ0n) is 9.32. The Kier molecular flexibility index (Phi) is 4.64. The lowest BCUT2D eigenvalue weighted by molar-refractivity contribution is -0.161. The summed E-state index contributed by atoms with van der Waals surface area (Å²) in [6.45, 7) is 1.55. The van der Waals surface area contributed by atoms with Crippen molar-refractivity contribution in [3.8, 4) is 0 Å². The monoisotopic (exact) mass is 240 g/mol. The number of rotatable bonds is 4. The highest BCUT2D eigenvalue weighted by Crippen LogP contribution is 2.14. The fourth-order valence-corrected chi connectivity index (χ4v) is 1.93. The zero-order valence-corrected chi connectivity index (χ0v) is 10.1. The van der Waals surface area contributed by atoms with Gasteiger partial charge in [0.15, 0.2) is 6.29 Å². The lowest BCUT2D eigenvalue weighted by atomic mass is 10.1. The summed E-state index contributed by atoms with van der Waals surface area (Å²) >= 11 is 5.82. The van der Waals surface area contributed by atoms with Gasteiger partial charge in [0.25, 0.3) is 0 Å². The molecule has 1 unspecified atom stereocenters. The molecule has 3 heteroatoms. The van der Waals surface area contributed by atoms with Gasteiger partial charge in [-0.05, 0) is 43.4 Å². The van der Waals surface area contributed by atoms with Crippen molar-refractivity contribution in [3.05, 3.63) is 34.9 Å². The lowest BCUT2D eigenvalue weighted by Crippen LogP contribution is -2.23. The normalized spacial score (nSPS) is 20.9. The minimum atomic E-state index is 0.0149. The summed E-state index contributed by atoms with van der Waals surface area (Å²) in [5.41, 5.74) is 1.25. The van der Waals surface area contributed by atoms with E-state index >= 15 is 0 Å². The number of ether oxygens (including phenoxy) is 2. The van der Waals surface area contributed by atoms with Crippen LogP contribution >= 0.6 is 11.6 Å². The molecule has 1 aliphatic heterocycles. The Labute approximate surface area is 102 Å². The van der Waals surface area contributed by atoms with Crippen LogP contribution in [0.4, 0.5) is 0 Å².